The fraction of sp³-hybridized carbons (Fsp3) is 0.500. The van der Waals surface area contributed by atoms with Gasteiger partial charge in [0.05, 0.1) is 22.7 Å². The Kier molecular flexibility index (Phi) is 3.59. The van der Waals surface area contributed by atoms with Crippen LogP contribution in [0.5, 0.6) is 0 Å². The molecule has 1 N–H and O–H groups in total. The van der Waals surface area contributed by atoms with Crippen LogP contribution < -0.4 is 5.32 Å². The molecule has 2 heterocycles. The van der Waals surface area contributed by atoms with Crippen LogP contribution in [-0.2, 0) is 13.6 Å². The van der Waals surface area contributed by atoms with E-state index in [1.807, 2.05) is 24.1 Å². The van der Waals surface area contributed by atoms with Crippen LogP contribution in [0.1, 0.15) is 34.2 Å². The van der Waals surface area contributed by atoms with E-state index in [4.69, 9.17) is 0 Å². The zero-order chi connectivity index (χ0) is 12.4. The number of rotatable bonds is 4. The fourth-order valence-corrected chi connectivity index (χ4v) is 2.81. The summed E-state index contributed by atoms with van der Waals surface area (Å²) in [5.41, 5.74) is 2.33. The van der Waals surface area contributed by atoms with Gasteiger partial charge in [-0.05, 0) is 20.8 Å². The SMILES string of the molecule is Cc1nc(C)c(C(C)NCc2cncn2C)s1. The average Bonchev–Trinajstić information content (AvgIpc) is 2.81. The zero-order valence-corrected chi connectivity index (χ0v) is 11.5. The molecule has 5 heteroatoms. The first kappa shape index (κ1) is 12.3. The van der Waals surface area contributed by atoms with Gasteiger partial charge >= 0.3 is 0 Å². The summed E-state index contributed by atoms with van der Waals surface area (Å²) in [6.45, 7) is 7.13. The molecule has 2 aromatic rings. The van der Waals surface area contributed by atoms with E-state index in [0.29, 0.717) is 6.04 Å². The number of aromatic nitrogens is 3. The Morgan fingerprint density at radius 3 is 2.76 bits per heavy atom. The first-order chi connectivity index (χ1) is 8.08. The zero-order valence-electron chi connectivity index (χ0n) is 10.7. The van der Waals surface area contributed by atoms with Gasteiger partial charge in [-0.25, -0.2) is 9.97 Å². The number of nitrogens with zero attached hydrogens (tertiary/aromatic N) is 3. The van der Waals surface area contributed by atoms with Gasteiger partial charge in [-0.2, -0.15) is 0 Å². The predicted molar refractivity (Wildman–Crippen MR) is 70.1 cm³/mol. The van der Waals surface area contributed by atoms with Crippen LogP contribution in [-0.4, -0.2) is 14.5 Å². The van der Waals surface area contributed by atoms with Gasteiger partial charge in [-0.15, -0.1) is 11.3 Å². The van der Waals surface area contributed by atoms with Crippen LogP contribution >= 0.6 is 11.3 Å². The molecule has 4 nitrogen and oxygen atoms in total. The summed E-state index contributed by atoms with van der Waals surface area (Å²) < 4.78 is 2.03. The minimum Gasteiger partial charge on any atom is -0.337 e. The molecule has 0 radical (unpaired) electrons. The summed E-state index contributed by atoms with van der Waals surface area (Å²) in [7, 11) is 2.01. The molecule has 0 bridgehead atoms. The quantitative estimate of drug-likeness (QED) is 0.905. The number of thiazole rings is 1. The second kappa shape index (κ2) is 4.98. The fourth-order valence-electron chi connectivity index (χ4n) is 1.85. The highest BCUT2D eigenvalue weighted by molar-refractivity contribution is 7.11. The van der Waals surface area contributed by atoms with Crippen molar-refractivity contribution >= 4 is 11.3 Å². The third kappa shape index (κ3) is 2.73. The maximum atomic E-state index is 4.46. The lowest BCUT2D eigenvalue weighted by atomic mass is 10.2. The van der Waals surface area contributed by atoms with Gasteiger partial charge in [-0.3, -0.25) is 0 Å². The predicted octanol–water partition coefficient (Wildman–Crippen LogP) is 2.34. The summed E-state index contributed by atoms with van der Waals surface area (Å²) in [6.07, 6.45) is 3.72. The van der Waals surface area contributed by atoms with E-state index in [-0.39, 0.29) is 0 Å². The normalized spacial score (nSPS) is 12.9. The lowest BCUT2D eigenvalue weighted by Gasteiger charge is -2.12. The largest absolute Gasteiger partial charge is 0.337 e. The third-order valence-electron chi connectivity index (χ3n) is 2.84. The average molecular weight is 250 g/mol. The Hall–Kier alpha value is -1.20. The van der Waals surface area contributed by atoms with Crippen LogP contribution in [0.25, 0.3) is 0 Å². The maximum Gasteiger partial charge on any atom is 0.0945 e. The van der Waals surface area contributed by atoms with Crippen molar-refractivity contribution in [3.05, 3.63) is 33.8 Å². The van der Waals surface area contributed by atoms with Gasteiger partial charge in [0, 0.05) is 30.7 Å². The van der Waals surface area contributed by atoms with Crippen molar-refractivity contribution in [1.82, 2.24) is 19.9 Å². The van der Waals surface area contributed by atoms with Gasteiger partial charge in [0.1, 0.15) is 0 Å². The molecular weight excluding hydrogens is 232 g/mol. The van der Waals surface area contributed by atoms with Gasteiger partial charge in [0.15, 0.2) is 0 Å². The van der Waals surface area contributed by atoms with Crippen LogP contribution in [0.15, 0.2) is 12.5 Å². The van der Waals surface area contributed by atoms with E-state index in [1.54, 1.807) is 11.3 Å². The minimum atomic E-state index is 0.330. The Bertz CT molecular complexity index is 500. The van der Waals surface area contributed by atoms with Crippen molar-refractivity contribution in [1.29, 1.82) is 0 Å². The molecule has 17 heavy (non-hydrogen) atoms. The van der Waals surface area contributed by atoms with Gasteiger partial charge in [0.2, 0.25) is 0 Å². The first-order valence-electron chi connectivity index (χ1n) is 5.70. The number of aryl methyl sites for hydroxylation is 3. The summed E-state index contributed by atoms with van der Waals surface area (Å²) in [5.74, 6) is 0. The summed E-state index contributed by atoms with van der Waals surface area (Å²) in [4.78, 5) is 9.89. The molecule has 0 aliphatic rings. The Labute approximate surface area is 106 Å². The molecule has 1 atom stereocenters. The molecule has 2 aromatic heterocycles. The molecule has 0 aromatic carbocycles. The van der Waals surface area contributed by atoms with Crippen LogP contribution in [0, 0.1) is 13.8 Å². The third-order valence-corrected chi connectivity index (χ3v) is 4.09. The summed E-state index contributed by atoms with van der Waals surface area (Å²) in [5, 5.41) is 4.64. The molecule has 92 valence electrons. The molecule has 0 aliphatic carbocycles. The van der Waals surface area contributed by atoms with Gasteiger partial charge in [-0.1, -0.05) is 0 Å². The maximum absolute atomic E-state index is 4.46. The highest BCUT2D eigenvalue weighted by atomic mass is 32.1. The second-order valence-electron chi connectivity index (χ2n) is 4.28. The highest BCUT2D eigenvalue weighted by Crippen LogP contribution is 2.24. The molecule has 0 amide bonds. The highest BCUT2D eigenvalue weighted by Gasteiger charge is 2.12. The number of hydrogen-bond acceptors (Lipinski definition) is 4. The van der Waals surface area contributed by atoms with Crippen LogP contribution in [0.3, 0.4) is 0 Å². The van der Waals surface area contributed by atoms with Crippen molar-refractivity contribution in [3.8, 4) is 0 Å². The van der Waals surface area contributed by atoms with E-state index in [1.165, 1.54) is 10.6 Å². The second-order valence-corrected chi connectivity index (χ2v) is 5.52. The van der Waals surface area contributed by atoms with Gasteiger partial charge in [0.25, 0.3) is 0 Å². The topological polar surface area (TPSA) is 42.7 Å². The molecule has 2 rings (SSSR count). The molecular formula is C12H18N4S. The van der Waals surface area contributed by atoms with E-state index in [0.717, 1.165) is 17.2 Å². The Balaban J connectivity index is 2.00. The first-order valence-corrected chi connectivity index (χ1v) is 6.52. The molecule has 0 fully saturated rings. The lowest BCUT2D eigenvalue weighted by Crippen LogP contribution is -2.19. The van der Waals surface area contributed by atoms with Crippen LogP contribution in [0.2, 0.25) is 0 Å². The van der Waals surface area contributed by atoms with E-state index >= 15 is 0 Å². The molecule has 0 aliphatic heterocycles. The minimum absolute atomic E-state index is 0.330. The van der Waals surface area contributed by atoms with Crippen LogP contribution in [0.4, 0.5) is 0 Å². The molecule has 1 unspecified atom stereocenters. The molecule has 0 saturated heterocycles. The number of imidazole rings is 1. The van der Waals surface area contributed by atoms with E-state index in [9.17, 15) is 0 Å². The Morgan fingerprint density at radius 1 is 1.47 bits per heavy atom. The van der Waals surface area contributed by atoms with E-state index < -0.39 is 0 Å². The van der Waals surface area contributed by atoms with Gasteiger partial charge < -0.3 is 9.88 Å². The van der Waals surface area contributed by atoms with Crippen molar-refractivity contribution in [3.63, 3.8) is 0 Å². The number of hydrogen-bond donors (Lipinski definition) is 1. The lowest BCUT2D eigenvalue weighted by molar-refractivity contribution is 0.562. The van der Waals surface area contributed by atoms with Crippen molar-refractivity contribution in [2.45, 2.75) is 33.4 Å². The number of nitrogens with one attached hydrogen (secondary N) is 1. The Morgan fingerprint density at radius 2 is 2.24 bits per heavy atom. The molecule has 0 saturated carbocycles. The smallest absolute Gasteiger partial charge is 0.0945 e. The van der Waals surface area contributed by atoms with E-state index in [2.05, 4.69) is 36.1 Å². The monoisotopic (exact) mass is 250 g/mol. The van der Waals surface area contributed by atoms with Crippen molar-refractivity contribution in [2.24, 2.45) is 7.05 Å². The van der Waals surface area contributed by atoms with Crippen molar-refractivity contribution < 1.29 is 0 Å². The van der Waals surface area contributed by atoms with Crippen molar-refractivity contribution in [2.75, 3.05) is 0 Å². The standard InChI is InChI=1S/C12H18N4S/c1-8(12-9(2)15-10(3)17-12)14-6-11-5-13-7-16(11)4/h5,7-8,14H,6H2,1-4H3. The molecule has 0 spiro atoms. The summed E-state index contributed by atoms with van der Waals surface area (Å²) in [6, 6.07) is 0.330. The summed E-state index contributed by atoms with van der Waals surface area (Å²) >= 11 is 1.77.